The molecule has 1 aromatic carbocycles. The third-order valence-corrected chi connectivity index (χ3v) is 4.09. The minimum atomic E-state index is -0.490. The van der Waals surface area contributed by atoms with E-state index >= 15 is 0 Å². The van der Waals surface area contributed by atoms with Crippen molar-refractivity contribution in [2.75, 3.05) is 12.5 Å². The van der Waals surface area contributed by atoms with Gasteiger partial charge >= 0.3 is 5.69 Å². The molecule has 6 nitrogen and oxygen atoms in total. The Kier molecular flexibility index (Phi) is 3.74. The van der Waals surface area contributed by atoms with Crippen LogP contribution in [0.15, 0.2) is 32.7 Å². The lowest BCUT2D eigenvalue weighted by Gasteiger charge is -2.07. The number of H-pyrrole nitrogens is 2. The van der Waals surface area contributed by atoms with Crippen LogP contribution in [-0.4, -0.2) is 22.5 Å². The van der Waals surface area contributed by atoms with Gasteiger partial charge in [-0.2, -0.15) is 0 Å². The molecule has 2 N–H and O–H groups in total. The Bertz CT molecular complexity index is 781. The highest BCUT2D eigenvalue weighted by Crippen LogP contribution is 2.33. The van der Waals surface area contributed by atoms with E-state index in [1.54, 1.807) is 0 Å². The van der Waals surface area contributed by atoms with Gasteiger partial charge in [-0.15, -0.1) is 11.8 Å². The number of thioether (sulfide) groups is 1. The summed E-state index contributed by atoms with van der Waals surface area (Å²) in [6.07, 6.45) is 0.456. The number of fused-ring (bicyclic) bond motifs is 1. The van der Waals surface area contributed by atoms with Crippen LogP contribution in [0.3, 0.4) is 0 Å². The van der Waals surface area contributed by atoms with Gasteiger partial charge in [-0.3, -0.25) is 9.78 Å². The quantitative estimate of drug-likeness (QED) is 0.836. The normalized spacial score (nSPS) is 12.6. The maximum Gasteiger partial charge on any atom is 0.325 e. The maximum absolute atomic E-state index is 11.9. The summed E-state index contributed by atoms with van der Waals surface area (Å²) in [7, 11) is 0. The van der Waals surface area contributed by atoms with Gasteiger partial charge in [0.25, 0.3) is 5.56 Å². The molecule has 7 heteroatoms. The number of rotatable bonds is 4. The van der Waals surface area contributed by atoms with Crippen molar-refractivity contribution in [2.24, 2.45) is 0 Å². The van der Waals surface area contributed by atoms with Crippen LogP contribution in [0.1, 0.15) is 18.2 Å². The van der Waals surface area contributed by atoms with Crippen LogP contribution in [0.4, 0.5) is 0 Å². The molecule has 0 radical (unpaired) electrons. The van der Waals surface area contributed by atoms with Gasteiger partial charge in [-0.1, -0.05) is 13.0 Å². The molecule has 1 aliphatic rings. The van der Waals surface area contributed by atoms with Gasteiger partial charge in [0.1, 0.15) is 0 Å². The smallest absolute Gasteiger partial charge is 0.325 e. The summed E-state index contributed by atoms with van der Waals surface area (Å²) in [6.45, 7) is 2.18. The lowest BCUT2D eigenvalue weighted by atomic mass is 10.1. The molecule has 0 amide bonds. The summed E-state index contributed by atoms with van der Waals surface area (Å²) in [4.78, 5) is 28.9. The van der Waals surface area contributed by atoms with Crippen molar-refractivity contribution in [1.29, 1.82) is 0 Å². The standard InChI is InChI=1S/C14H14N2O4S/c1-2-21-12-9(15-14(18)16-13(12)17)5-8-3-4-10-11(6-8)20-7-19-10/h3-4,6H,2,5,7H2,1H3,(H2,15,16,17,18). The number of aromatic nitrogens is 2. The van der Waals surface area contributed by atoms with E-state index in [0.717, 1.165) is 11.3 Å². The Balaban J connectivity index is 1.97. The summed E-state index contributed by atoms with van der Waals surface area (Å²) in [5, 5.41) is 0. The second-order valence-electron chi connectivity index (χ2n) is 4.51. The number of aromatic amines is 2. The Hall–Kier alpha value is -2.15. The zero-order chi connectivity index (χ0) is 14.8. The first-order valence-electron chi connectivity index (χ1n) is 6.54. The zero-order valence-electron chi connectivity index (χ0n) is 11.4. The highest BCUT2D eigenvalue weighted by molar-refractivity contribution is 7.99. The third-order valence-electron chi connectivity index (χ3n) is 3.08. The number of hydrogen-bond acceptors (Lipinski definition) is 5. The van der Waals surface area contributed by atoms with Crippen molar-refractivity contribution in [2.45, 2.75) is 18.2 Å². The largest absolute Gasteiger partial charge is 0.454 e. The summed E-state index contributed by atoms with van der Waals surface area (Å²) in [5.74, 6) is 2.15. The summed E-state index contributed by atoms with van der Waals surface area (Å²) in [5.41, 5.74) is 0.727. The monoisotopic (exact) mass is 306 g/mol. The molecule has 0 saturated carbocycles. The Morgan fingerprint density at radius 2 is 2.00 bits per heavy atom. The van der Waals surface area contributed by atoms with Gasteiger partial charge in [-0.25, -0.2) is 4.79 Å². The fourth-order valence-electron chi connectivity index (χ4n) is 2.20. The maximum atomic E-state index is 11.9. The molecule has 2 aromatic rings. The van der Waals surface area contributed by atoms with Crippen LogP contribution in [0.2, 0.25) is 0 Å². The molecule has 0 aliphatic carbocycles. The van der Waals surface area contributed by atoms with Gasteiger partial charge in [0.2, 0.25) is 6.79 Å². The van der Waals surface area contributed by atoms with E-state index in [2.05, 4.69) is 9.97 Å². The van der Waals surface area contributed by atoms with E-state index in [1.807, 2.05) is 25.1 Å². The van der Waals surface area contributed by atoms with Crippen molar-refractivity contribution in [1.82, 2.24) is 9.97 Å². The molecule has 0 unspecified atom stereocenters. The predicted molar refractivity (Wildman–Crippen MR) is 79.5 cm³/mol. The molecule has 0 spiro atoms. The van der Waals surface area contributed by atoms with Crippen LogP contribution >= 0.6 is 11.8 Å². The van der Waals surface area contributed by atoms with Crippen LogP contribution in [0, 0.1) is 0 Å². The molecule has 1 aromatic heterocycles. The Morgan fingerprint density at radius 1 is 1.19 bits per heavy atom. The average Bonchev–Trinajstić information content (AvgIpc) is 2.90. The molecule has 0 fully saturated rings. The summed E-state index contributed by atoms with van der Waals surface area (Å²) >= 11 is 1.41. The van der Waals surface area contributed by atoms with E-state index < -0.39 is 5.69 Å². The van der Waals surface area contributed by atoms with Gasteiger partial charge in [-0.05, 0) is 23.4 Å². The first-order valence-corrected chi connectivity index (χ1v) is 7.52. The molecule has 0 saturated heterocycles. The number of ether oxygens (including phenoxy) is 2. The lowest BCUT2D eigenvalue weighted by Crippen LogP contribution is -2.26. The predicted octanol–water partition coefficient (Wildman–Crippen LogP) is 1.49. The fraction of sp³-hybridized carbons (Fsp3) is 0.286. The van der Waals surface area contributed by atoms with Crippen molar-refractivity contribution < 1.29 is 9.47 Å². The van der Waals surface area contributed by atoms with Crippen molar-refractivity contribution in [3.05, 3.63) is 50.3 Å². The molecule has 1 aliphatic heterocycles. The molecule has 2 heterocycles. The van der Waals surface area contributed by atoms with Crippen molar-refractivity contribution in [3.63, 3.8) is 0 Å². The zero-order valence-corrected chi connectivity index (χ0v) is 12.2. The fourth-order valence-corrected chi connectivity index (χ4v) is 2.97. The Labute approximate surface area is 124 Å². The van der Waals surface area contributed by atoms with Gasteiger partial charge in [0.15, 0.2) is 11.5 Å². The van der Waals surface area contributed by atoms with Gasteiger partial charge in [0, 0.05) is 12.1 Å². The first-order chi connectivity index (χ1) is 10.2. The molecular weight excluding hydrogens is 292 g/mol. The molecule has 21 heavy (non-hydrogen) atoms. The minimum Gasteiger partial charge on any atom is -0.454 e. The molecular formula is C14H14N2O4S. The summed E-state index contributed by atoms with van der Waals surface area (Å²) < 4.78 is 10.6. The third kappa shape index (κ3) is 2.82. The second-order valence-corrected chi connectivity index (χ2v) is 5.79. The number of hydrogen-bond donors (Lipinski definition) is 2. The van der Waals surface area contributed by atoms with Crippen LogP contribution in [0.5, 0.6) is 11.5 Å². The molecule has 110 valence electrons. The summed E-state index contributed by atoms with van der Waals surface area (Å²) in [6, 6.07) is 5.59. The topological polar surface area (TPSA) is 84.2 Å². The van der Waals surface area contributed by atoms with E-state index in [9.17, 15) is 9.59 Å². The number of benzene rings is 1. The molecule has 0 bridgehead atoms. The van der Waals surface area contributed by atoms with Crippen LogP contribution in [0.25, 0.3) is 0 Å². The lowest BCUT2D eigenvalue weighted by molar-refractivity contribution is 0.174. The SMILES string of the molecule is CCSc1c(Cc2ccc3c(c2)OCO3)[nH]c(=O)[nH]c1=O. The number of nitrogens with one attached hydrogen (secondary N) is 2. The second kappa shape index (κ2) is 5.69. The Morgan fingerprint density at radius 3 is 2.81 bits per heavy atom. The van der Waals surface area contributed by atoms with Gasteiger partial charge in [0.05, 0.1) is 4.90 Å². The van der Waals surface area contributed by atoms with Crippen molar-refractivity contribution >= 4 is 11.8 Å². The van der Waals surface area contributed by atoms with E-state index in [4.69, 9.17) is 9.47 Å². The minimum absolute atomic E-state index is 0.220. The van der Waals surface area contributed by atoms with E-state index in [0.29, 0.717) is 28.5 Å². The van der Waals surface area contributed by atoms with Crippen LogP contribution in [-0.2, 0) is 6.42 Å². The molecule has 3 rings (SSSR count). The van der Waals surface area contributed by atoms with Crippen molar-refractivity contribution in [3.8, 4) is 11.5 Å². The molecule has 0 atom stereocenters. The van der Waals surface area contributed by atoms with E-state index in [1.165, 1.54) is 11.8 Å². The highest BCUT2D eigenvalue weighted by Gasteiger charge is 2.15. The average molecular weight is 306 g/mol. The van der Waals surface area contributed by atoms with E-state index in [-0.39, 0.29) is 12.4 Å². The first kappa shape index (κ1) is 13.8. The van der Waals surface area contributed by atoms with Gasteiger partial charge < -0.3 is 14.5 Å². The van der Waals surface area contributed by atoms with Crippen LogP contribution < -0.4 is 20.7 Å². The highest BCUT2D eigenvalue weighted by atomic mass is 32.2.